The van der Waals surface area contributed by atoms with E-state index >= 15 is 0 Å². The first-order chi connectivity index (χ1) is 9.16. The van der Waals surface area contributed by atoms with Gasteiger partial charge in [0.25, 0.3) is 5.91 Å². The molecule has 0 radical (unpaired) electrons. The van der Waals surface area contributed by atoms with Gasteiger partial charge in [0.2, 0.25) is 0 Å². The molecule has 0 saturated heterocycles. The van der Waals surface area contributed by atoms with E-state index in [-0.39, 0.29) is 12.0 Å². The van der Waals surface area contributed by atoms with Crippen LogP contribution in [-0.2, 0) is 0 Å². The van der Waals surface area contributed by atoms with Gasteiger partial charge in [0.15, 0.2) is 0 Å². The lowest BCUT2D eigenvalue weighted by Gasteiger charge is -2.16. The van der Waals surface area contributed by atoms with Crippen molar-refractivity contribution >= 4 is 21.8 Å². The number of hydrogen-bond donors (Lipinski definition) is 2. The Morgan fingerprint density at radius 2 is 2.26 bits per heavy atom. The average molecular weight is 324 g/mol. The number of rotatable bonds is 5. The van der Waals surface area contributed by atoms with E-state index in [1.54, 1.807) is 6.07 Å². The lowest BCUT2D eigenvalue weighted by Crippen LogP contribution is -2.33. The van der Waals surface area contributed by atoms with Gasteiger partial charge in [-0.1, -0.05) is 12.1 Å². The number of amides is 1. The Hall–Kier alpha value is -1.82. The highest BCUT2D eigenvalue weighted by Crippen LogP contribution is 2.24. The normalized spacial score (nSPS) is 11.9. The van der Waals surface area contributed by atoms with Gasteiger partial charge in [0.05, 0.1) is 11.0 Å². The summed E-state index contributed by atoms with van der Waals surface area (Å²) in [5.41, 5.74) is 0.438. The summed E-state index contributed by atoms with van der Waals surface area (Å²) in [7, 11) is 0. The first-order valence-electron chi connectivity index (χ1n) is 5.85. The number of aromatic amines is 1. The molecule has 0 saturated carbocycles. The van der Waals surface area contributed by atoms with Crippen LogP contribution in [0, 0.1) is 0 Å². The SMILES string of the molecule is CC(CNC(=O)c1ccn[nH]1)Oc1ccccc1Br. The highest BCUT2D eigenvalue weighted by Gasteiger charge is 2.10. The molecule has 1 amide bonds. The third kappa shape index (κ3) is 3.82. The zero-order valence-electron chi connectivity index (χ0n) is 10.4. The number of H-pyrrole nitrogens is 1. The molecular weight excluding hydrogens is 310 g/mol. The first kappa shape index (κ1) is 13.6. The Labute approximate surface area is 119 Å². The van der Waals surface area contributed by atoms with Crippen LogP contribution in [0.1, 0.15) is 17.4 Å². The summed E-state index contributed by atoms with van der Waals surface area (Å²) < 4.78 is 6.62. The van der Waals surface area contributed by atoms with Gasteiger partial charge in [0, 0.05) is 6.20 Å². The standard InChI is InChI=1S/C13H14BrN3O2/c1-9(19-12-5-3-2-4-10(12)14)8-15-13(18)11-6-7-16-17-11/h2-7,9H,8H2,1H3,(H,15,18)(H,16,17). The number of benzene rings is 1. The minimum Gasteiger partial charge on any atom is -0.488 e. The molecule has 5 nitrogen and oxygen atoms in total. The van der Waals surface area contributed by atoms with E-state index in [9.17, 15) is 4.79 Å². The van der Waals surface area contributed by atoms with Crippen molar-refractivity contribution < 1.29 is 9.53 Å². The Morgan fingerprint density at radius 1 is 1.47 bits per heavy atom. The van der Waals surface area contributed by atoms with Crippen molar-refractivity contribution in [1.82, 2.24) is 15.5 Å². The van der Waals surface area contributed by atoms with Gasteiger partial charge >= 0.3 is 0 Å². The van der Waals surface area contributed by atoms with Gasteiger partial charge in [0.1, 0.15) is 17.5 Å². The number of carbonyl (C=O) groups excluding carboxylic acids is 1. The van der Waals surface area contributed by atoms with Crippen LogP contribution in [0.15, 0.2) is 41.0 Å². The molecule has 1 aromatic carbocycles. The van der Waals surface area contributed by atoms with Crippen molar-refractivity contribution in [2.24, 2.45) is 0 Å². The number of hydrogen-bond acceptors (Lipinski definition) is 3. The Morgan fingerprint density at radius 3 is 2.95 bits per heavy atom. The molecule has 0 aliphatic carbocycles. The molecule has 2 N–H and O–H groups in total. The maximum atomic E-state index is 11.7. The minimum atomic E-state index is -0.194. The van der Waals surface area contributed by atoms with E-state index in [2.05, 4.69) is 31.4 Å². The summed E-state index contributed by atoms with van der Waals surface area (Å²) in [4.78, 5) is 11.7. The van der Waals surface area contributed by atoms with Gasteiger partial charge in [-0.3, -0.25) is 9.89 Å². The van der Waals surface area contributed by atoms with Gasteiger partial charge in [-0.05, 0) is 41.1 Å². The molecule has 0 spiro atoms. The molecule has 2 aromatic rings. The first-order valence-corrected chi connectivity index (χ1v) is 6.65. The van der Waals surface area contributed by atoms with Crippen LogP contribution >= 0.6 is 15.9 Å². The number of aromatic nitrogens is 2. The second-order valence-electron chi connectivity index (χ2n) is 4.04. The second-order valence-corrected chi connectivity index (χ2v) is 4.89. The molecule has 1 atom stereocenters. The molecule has 0 bridgehead atoms. The Balaban J connectivity index is 1.84. The van der Waals surface area contributed by atoms with Crippen LogP contribution in [0.4, 0.5) is 0 Å². The summed E-state index contributed by atoms with van der Waals surface area (Å²) in [5.74, 6) is 0.561. The van der Waals surface area contributed by atoms with Gasteiger partial charge in [-0.15, -0.1) is 0 Å². The molecule has 6 heteroatoms. The van der Waals surface area contributed by atoms with Crippen LogP contribution < -0.4 is 10.1 Å². The van der Waals surface area contributed by atoms with E-state index < -0.39 is 0 Å². The number of nitrogens with one attached hydrogen (secondary N) is 2. The van der Waals surface area contributed by atoms with Crippen LogP contribution in [-0.4, -0.2) is 28.8 Å². The largest absolute Gasteiger partial charge is 0.488 e. The van der Waals surface area contributed by atoms with Crippen molar-refractivity contribution in [2.75, 3.05) is 6.54 Å². The molecule has 0 aliphatic heterocycles. The number of carbonyl (C=O) groups is 1. The number of nitrogens with zero attached hydrogens (tertiary/aromatic N) is 1. The van der Waals surface area contributed by atoms with Gasteiger partial charge in [-0.2, -0.15) is 5.10 Å². The molecule has 0 fully saturated rings. The third-order valence-corrected chi connectivity index (χ3v) is 3.12. The Kier molecular flexibility index (Phi) is 4.57. The molecule has 1 unspecified atom stereocenters. The lowest BCUT2D eigenvalue weighted by molar-refractivity contribution is 0.0927. The fourth-order valence-electron chi connectivity index (χ4n) is 1.51. The smallest absolute Gasteiger partial charge is 0.269 e. The average Bonchev–Trinajstić information content (AvgIpc) is 2.93. The van der Waals surface area contributed by atoms with Crippen molar-refractivity contribution in [2.45, 2.75) is 13.0 Å². The quantitative estimate of drug-likeness (QED) is 0.887. The molecule has 0 aliphatic rings. The van der Waals surface area contributed by atoms with Crippen LogP contribution in [0.5, 0.6) is 5.75 Å². The van der Waals surface area contributed by atoms with E-state index in [1.165, 1.54) is 6.20 Å². The molecule has 1 heterocycles. The number of para-hydroxylation sites is 1. The predicted octanol–water partition coefficient (Wildman–Crippen LogP) is 2.37. The van der Waals surface area contributed by atoms with Crippen molar-refractivity contribution in [3.63, 3.8) is 0 Å². The lowest BCUT2D eigenvalue weighted by atomic mass is 10.3. The van der Waals surface area contributed by atoms with Crippen LogP contribution in [0.3, 0.4) is 0 Å². The molecular formula is C13H14BrN3O2. The van der Waals surface area contributed by atoms with E-state index in [4.69, 9.17) is 4.74 Å². The summed E-state index contributed by atoms with van der Waals surface area (Å²) in [6.07, 6.45) is 1.40. The van der Waals surface area contributed by atoms with Crippen LogP contribution in [0.2, 0.25) is 0 Å². The molecule has 2 rings (SSSR count). The predicted molar refractivity (Wildman–Crippen MR) is 75.2 cm³/mol. The topological polar surface area (TPSA) is 67.0 Å². The van der Waals surface area contributed by atoms with E-state index in [0.717, 1.165) is 10.2 Å². The van der Waals surface area contributed by atoms with Crippen molar-refractivity contribution in [3.05, 3.63) is 46.7 Å². The molecule has 19 heavy (non-hydrogen) atoms. The fourth-order valence-corrected chi connectivity index (χ4v) is 1.89. The summed E-state index contributed by atoms with van der Waals surface area (Å²) in [6, 6.07) is 9.22. The van der Waals surface area contributed by atoms with Crippen molar-refractivity contribution in [1.29, 1.82) is 0 Å². The van der Waals surface area contributed by atoms with Crippen LogP contribution in [0.25, 0.3) is 0 Å². The van der Waals surface area contributed by atoms with E-state index in [0.29, 0.717) is 12.2 Å². The molecule has 1 aromatic heterocycles. The fraction of sp³-hybridized carbons (Fsp3) is 0.231. The zero-order chi connectivity index (χ0) is 13.7. The molecule has 100 valence electrons. The van der Waals surface area contributed by atoms with E-state index in [1.807, 2.05) is 31.2 Å². The number of halogens is 1. The highest BCUT2D eigenvalue weighted by atomic mass is 79.9. The van der Waals surface area contributed by atoms with Gasteiger partial charge < -0.3 is 10.1 Å². The number of ether oxygens (including phenoxy) is 1. The third-order valence-electron chi connectivity index (χ3n) is 2.46. The Bertz CT molecular complexity index is 543. The maximum absolute atomic E-state index is 11.7. The summed E-state index contributed by atoms with van der Waals surface area (Å²) >= 11 is 3.41. The minimum absolute atomic E-state index is 0.134. The monoisotopic (exact) mass is 323 g/mol. The maximum Gasteiger partial charge on any atom is 0.269 e. The summed E-state index contributed by atoms with van der Waals surface area (Å²) in [6.45, 7) is 2.31. The van der Waals surface area contributed by atoms with Gasteiger partial charge in [-0.25, -0.2) is 0 Å². The van der Waals surface area contributed by atoms with Crippen molar-refractivity contribution in [3.8, 4) is 5.75 Å². The zero-order valence-corrected chi connectivity index (χ0v) is 12.0. The highest BCUT2D eigenvalue weighted by molar-refractivity contribution is 9.10. The second kappa shape index (κ2) is 6.38. The summed E-state index contributed by atoms with van der Waals surface area (Å²) in [5, 5.41) is 9.11.